The van der Waals surface area contributed by atoms with Gasteiger partial charge >= 0.3 is 6.36 Å². The number of ether oxygens (including phenoxy) is 1. The van der Waals surface area contributed by atoms with Gasteiger partial charge in [0.1, 0.15) is 5.82 Å². The number of halogens is 6. The Balaban J connectivity index is 1.46. The highest BCUT2D eigenvalue weighted by molar-refractivity contribution is 5.85. The van der Waals surface area contributed by atoms with Crippen LogP contribution >= 0.6 is 0 Å². The van der Waals surface area contributed by atoms with Gasteiger partial charge in [-0.3, -0.25) is 0 Å². The van der Waals surface area contributed by atoms with E-state index in [0.717, 1.165) is 24.8 Å². The second kappa shape index (κ2) is 12.3. The van der Waals surface area contributed by atoms with E-state index in [1.165, 1.54) is 36.5 Å². The van der Waals surface area contributed by atoms with Gasteiger partial charge in [0.05, 0.1) is 5.56 Å². The molecule has 0 saturated heterocycles. The summed E-state index contributed by atoms with van der Waals surface area (Å²) in [5, 5.41) is 1.03. The minimum Gasteiger partial charge on any atom is -0.399 e. The van der Waals surface area contributed by atoms with Crippen LogP contribution in [-0.4, -0.2) is 6.36 Å². The average Bonchev–Trinajstić information content (AvgIpc) is 2.89. The van der Waals surface area contributed by atoms with E-state index in [-0.39, 0.29) is 11.1 Å². The molecule has 0 aliphatic heterocycles. The van der Waals surface area contributed by atoms with E-state index in [1.807, 2.05) is 12.1 Å². The monoisotopic (exact) mass is 540 g/mol. The maximum atomic E-state index is 15.1. The molecule has 0 heterocycles. The normalized spacial score (nSPS) is 11.4. The average molecular weight is 541 g/mol. The van der Waals surface area contributed by atoms with Gasteiger partial charge in [0.15, 0.2) is 11.6 Å². The molecule has 0 fully saturated rings. The molecule has 0 saturated carbocycles. The Morgan fingerprint density at radius 1 is 0.692 bits per heavy atom. The lowest BCUT2D eigenvalue weighted by Gasteiger charge is -2.10. The van der Waals surface area contributed by atoms with Crippen LogP contribution in [0.4, 0.5) is 26.3 Å². The summed E-state index contributed by atoms with van der Waals surface area (Å²) in [6, 6.07) is 18.5. The van der Waals surface area contributed by atoms with E-state index in [0.29, 0.717) is 22.9 Å². The van der Waals surface area contributed by atoms with Crippen LogP contribution in [0.25, 0.3) is 10.8 Å². The zero-order chi connectivity index (χ0) is 28.0. The summed E-state index contributed by atoms with van der Waals surface area (Å²) in [6.45, 7) is 2.19. The fourth-order valence-electron chi connectivity index (χ4n) is 4.32. The molecule has 1 nitrogen and oxygen atoms in total. The fraction of sp³-hybridized carbons (Fsp3) is 0.250. The Bertz CT molecular complexity index is 1490. The first-order chi connectivity index (χ1) is 18.6. The molecule has 0 N–H and O–H groups in total. The molecule has 7 heteroatoms. The van der Waals surface area contributed by atoms with Crippen LogP contribution in [0, 0.1) is 29.3 Å². The smallest absolute Gasteiger partial charge is 0.399 e. The lowest BCUT2D eigenvalue weighted by molar-refractivity contribution is -0.276. The first-order valence-corrected chi connectivity index (χ1v) is 12.7. The fourth-order valence-corrected chi connectivity index (χ4v) is 4.32. The van der Waals surface area contributed by atoms with Gasteiger partial charge in [-0.05, 0) is 66.0 Å². The van der Waals surface area contributed by atoms with Gasteiger partial charge in [0.25, 0.3) is 0 Å². The van der Waals surface area contributed by atoms with E-state index in [9.17, 15) is 22.0 Å². The third-order valence-electron chi connectivity index (χ3n) is 6.37. The molecule has 202 valence electrons. The molecule has 0 aliphatic carbocycles. The highest BCUT2D eigenvalue weighted by atomic mass is 19.4. The first-order valence-electron chi connectivity index (χ1n) is 12.7. The van der Waals surface area contributed by atoms with E-state index in [2.05, 4.69) is 47.8 Å². The van der Waals surface area contributed by atoms with Crippen molar-refractivity contribution in [2.24, 2.45) is 0 Å². The zero-order valence-corrected chi connectivity index (χ0v) is 21.3. The summed E-state index contributed by atoms with van der Waals surface area (Å²) in [4.78, 5) is 0. The minimum atomic E-state index is -5.25. The Labute approximate surface area is 223 Å². The van der Waals surface area contributed by atoms with Gasteiger partial charge in [0, 0.05) is 10.9 Å². The van der Waals surface area contributed by atoms with Crippen molar-refractivity contribution in [3.05, 3.63) is 112 Å². The second-order valence-corrected chi connectivity index (χ2v) is 9.32. The topological polar surface area (TPSA) is 9.23 Å². The molecule has 0 radical (unpaired) electrons. The van der Waals surface area contributed by atoms with Gasteiger partial charge in [0.2, 0.25) is 5.75 Å². The van der Waals surface area contributed by atoms with Crippen molar-refractivity contribution < 1.29 is 31.1 Å². The third-order valence-corrected chi connectivity index (χ3v) is 6.37. The largest absolute Gasteiger partial charge is 0.573 e. The van der Waals surface area contributed by atoms with Crippen molar-refractivity contribution in [2.45, 2.75) is 51.8 Å². The van der Waals surface area contributed by atoms with Crippen molar-refractivity contribution in [3.8, 4) is 17.6 Å². The number of rotatable bonds is 8. The molecule has 0 bridgehead atoms. The Morgan fingerprint density at radius 2 is 1.31 bits per heavy atom. The van der Waals surface area contributed by atoms with Crippen LogP contribution in [0.15, 0.2) is 66.7 Å². The Hall–Kier alpha value is -3.92. The molecule has 0 aromatic heterocycles. The summed E-state index contributed by atoms with van der Waals surface area (Å²) < 4.78 is 83.3. The molecular weight excluding hydrogens is 514 g/mol. The van der Waals surface area contributed by atoms with E-state index in [4.69, 9.17) is 0 Å². The standard InChI is InChI=1S/C32H26F6O/c1-2-3-4-5-21-6-8-22(9-7-21)10-11-23-13-17-27-26(18-23)16-15-25(30(27)35)14-12-24-19-28(33)31(29(34)20-24)39-32(36,37)38/h6-9,13,15-20H,2-5,10-11H2,1H3. The van der Waals surface area contributed by atoms with Crippen LogP contribution in [0.2, 0.25) is 0 Å². The van der Waals surface area contributed by atoms with Crippen molar-refractivity contribution in [2.75, 3.05) is 0 Å². The first kappa shape index (κ1) is 28.1. The van der Waals surface area contributed by atoms with E-state index >= 15 is 4.39 Å². The predicted molar refractivity (Wildman–Crippen MR) is 140 cm³/mol. The number of aryl methyl sites for hydroxylation is 3. The zero-order valence-electron chi connectivity index (χ0n) is 21.3. The maximum absolute atomic E-state index is 15.1. The molecule has 0 aliphatic rings. The number of hydrogen-bond acceptors (Lipinski definition) is 1. The van der Waals surface area contributed by atoms with Crippen LogP contribution < -0.4 is 4.74 Å². The van der Waals surface area contributed by atoms with Crippen molar-refractivity contribution in [1.29, 1.82) is 0 Å². The molecule has 0 unspecified atom stereocenters. The van der Waals surface area contributed by atoms with E-state index in [1.54, 1.807) is 12.1 Å². The third kappa shape index (κ3) is 7.57. The quantitative estimate of drug-likeness (QED) is 0.123. The summed E-state index contributed by atoms with van der Waals surface area (Å²) in [5.74, 6) is -0.388. The van der Waals surface area contributed by atoms with Gasteiger partial charge in [-0.2, -0.15) is 0 Å². The molecule has 4 aromatic carbocycles. The molecule has 4 aromatic rings. The number of benzene rings is 4. The van der Waals surface area contributed by atoms with Crippen molar-refractivity contribution in [1.82, 2.24) is 0 Å². The maximum Gasteiger partial charge on any atom is 0.573 e. The van der Waals surface area contributed by atoms with Crippen LogP contribution in [-0.2, 0) is 19.3 Å². The van der Waals surface area contributed by atoms with Crippen molar-refractivity contribution >= 4 is 10.8 Å². The van der Waals surface area contributed by atoms with Crippen LogP contribution in [0.5, 0.6) is 5.75 Å². The molecule has 39 heavy (non-hydrogen) atoms. The number of alkyl halides is 3. The minimum absolute atomic E-state index is 0.00860. The van der Waals surface area contributed by atoms with Crippen molar-refractivity contribution in [3.63, 3.8) is 0 Å². The summed E-state index contributed by atoms with van der Waals surface area (Å²) in [6.07, 6.45) is 1.12. The van der Waals surface area contributed by atoms with Gasteiger partial charge in [-0.25, -0.2) is 13.2 Å². The number of hydrogen-bond donors (Lipinski definition) is 0. The SMILES string of the molecule is CCCCCc1ccc(CCc2ccc3c(F)c(C#Cc4cc(F)c(OC(F)(F)F)c(F)c4)ccc3c2)cc1. The Kier molecular flexibility index (Phi) is 8.86. The van der Waals surface area contributed by atoms with E-state index < -0.39 is 29.6 Å². The number of unbranched alkanes of at least 4 members (excludes halogenated alkanes) is 2. The summed E-state index contributed by atoms with van der Waals surface area (Å²) in [5.41, 5.74) is 3.36. The van der Waals surface area contributed by atoms with Gasteiger partial charge in [-0.1, -0.05) is 80.1 Å². The van der Waals surface area contributed by atoms with Gasteiger partial charge < -0.3 is 4.74 Å². The molecule has 0 amide bonds. The molecule has 4 rings (SSSR count). The van der Waals surface area contributed by atoms with Crippen LogP contribution in [0.3, 0.4) is 0 Å². The van der Waals surface area contributed by atoms with Gasteiger partial charge in [-0.15, -0.1) is 13.2 Å². The highest BCUT2D eigenvalue weighted by Gasteiger charge is 2.34. The molecule has 0 spiro atoms. The number of fused-ring (bicyclic) bond motifs is 1. The molecular formula is C32H26F6O. The highest BCUT2D eigenvalue weighted by Crippen LogP contribution is 2.29. The Morgan fingerprint density at radius 3 is 1.95 bits per heavy atom. The lowest BCUT2D eigenvalue weighted by Crippen LogP contribution is -2.19. The predicted octanol–water partition coefficient (Wildman–Crippen LogP) is 9.07. The summed E-state index contributed by atoms with van der Waals surface area (Å²) in [7, 11) is 0. The van der Waals surface area contributed by atoms with Crippen LogP contribution in [0.1, 0.15) is 54.0 Å². The second-order valence-electron chi connectivity index (χ2n) is 9.32. The molecule has 0 atom stereocenters. The lowest BCUT2D eigenvalue weighted by atomic mass is 9.98. The summed E-state index contributed by atoms with van der Waals surface area (Å²) >= 11 is 0.